The van der Waals surface area contributed by atoms with Gasteiger partial charge in [-0.25, -0.2) is 4.79 Å². The van der Waals surface area contributed by atoms with Crippen LogP contribution in [0.3, 0.4) is 0 Å². The monoisotopic (exact) mass is 388 g/mol. The van der Waals surface area contributed by atoms with Gasteiger partial charge in [0.2, 0.25) is 0 Å². The quantitative estimate of drug-likeness (QED) is 0.741. The van der Waals surface area contributed by atoms with Crippen LogP contribution in [0.25, 0.3) is 0 Å². The molecular formula is C22H32N2O4. The van der Waals surface area contributed by atoms with Crippen LogP contribution in [0.5, 0.6) is 0 Å². The first-order valence-electron chi connectivity index (χ1n) is 9.95. The van der Waals surface area contributed by atoms with Crippen LogP contribution in [0.4, 0.5) is 4.79 Å². The fourth-order valence-corrected chi connectivity index (χ4v) is 3.92. The molecule has 2 aliphatic rings. The van der Waals surface area contributed by atoms with Crippen molar-refractivity contribution >= 4 is 12.1 Å². The highest BCUT2D eigenvalue weighted by atomic mass is 16.6. The molecule has 0 spiro atoms. The van der Waals surface area contributed by atoms with Crippen LogP contribution >= 0.6 is 0 Å². The summed E-state index contributed by atoms with van der Waals surface area (Å²) in [7, 11) is 1.45. The van der Waals surface area contributed by atoms with E-state index in [-0.39, 0.29) is 18.0 Å². The van der Waals surface area contributed by atoms with Crippen LogP contribution in [0.15, 0.2) is 12.1 Å². The Bertz CT molecular complexity index is 733. The molecule has 0 aliphatic carbocycles. The van der Waals surface area contributed by atoms with Gasteiger partial charge in [-0.05, 0) is 56.9 Å². The summed E-state index contributed by atoms with van der Waals surface area (Å²) in [6, 6.07) is 4.49. The molecule has 2 aliphatic heterocycles. The number of carbonyl (C=O) groups excluding carboxylic acids is 2. The molecule has 0 atom stereocenters. The highest BCUT2D eigenvalue weighted by Crippen LogP contribution is 2.32. The third-order valence-electron chi connectivity index (χ3n) is 5.60. The molecular weight excluding hydrogens is 356 g/mol. The van der Waals surface area contributed by atoms with Crippen molar-refractivity contribution in [1.29, 1.82) is 0 Å². The predicted octanol–water partition coefficient (Wildman–Crippen LogP) is 3.24. The molecule has 1 amide bonds. The van der Waals surface area contributed by atoms with E-state index in [2.05, 4.69) is 30.9 Å². The lowest BCUT2D eigenvalue weighted by Gasteiger charge is -2.41. The Morgan fingerprint density at radius 3 is 2.14 bits per heavy atom. The molecule has 28 heavy (non-hydrogen) atoms. The first-order chi connectivity index (χ1) is 13.1. The maximum atomic E-state index is 12.1. The number of esters is 1. The maximum absolute atomic E-state index is 12.1. The number of rotatable bonds is 4. The SMILES string of the molecule is COC(=O)C1CN(Cc2c(C)cc(C3CN(C(=O)OC(C)(C)C)C3)cc2C)C1. The Hall–Kier alpha value is -2.08. The van der Waals surface area contributed by atoms with Crippen LogP contribution in [0, 0.1) is 19.8 Å². The average molecular weight is 389 g/mol. The van der Waals surface area contributed by atoms with Gasteiger partial charge in [-0.2, -0.15) is 0 Å². The van der Waals surface area contributed by atoms with Gasteiger partial charge < -0.3 is 14.4 Å². The van der Waals surface area contributed by atoms with E-state index in [1.54, 1.807) is 4.90 Å². The van der Waals surface area contributed by atoms with E-state index in [1.165, 1.54) is 29.4 Å². The van der Waals surface area contributed by atoms with Gasteiger partial charge in [-0.15, -0.1) is 0 Å². The second-order valence-corrected chi connectivity index (χ2v) is 9.13. The number of hydrogen-bond donors (Lipinski definition) is 0. The smallest absolute Gasteiger partial charge is 0.410 e. The van der Waals surface area contributed by atoms with Crippen LogP contribution in [-0.2, 0) is 20.8 Å². The summed E-state index contributed by atoms with van der Waals surface area (Å²) in [5.74, 6) is 0.268. The molecule has 0 radical (unpaired) electrons. The summed E-state index contributed by atoms with van der Waals surface area (Å²) >= 11 is 0. The first-order valence-corrected chi connectivity index (χ1v) is 9.95. The molecule has 6 nitrogen and oxygen atoms in total. The zero-order chi connectivity index (χ0) is 20.6. The number of likely N-dealkylation sites (tertiary alicyclic amines) is 2. The van der Waals surface area contributed by atoms with Gasteiger partial charge in [0.1, 0.15) is 5.60 Å². The largest absolute Gasteiger partial charge is 0.469 e. The molecule has 3 rings (SSSR count). The van der Waals surface area contributed by atoms with E-state index in [0.29, 0.717) is 19.0 Å². The molecule has 1 aromatic rings. The standard InChI is InChI=1S/C22H32N2O4/c1-14-7-16(17-11-24(12-17)21(26)28-22(3,4)5)8-15(2)19(14)13-23-9-18(10-23)20(25)27-6/h7-8,17-18H,9-13H2,1-6H3. The number of hydrogen-bond acceptors (Lipinski definition) is 5. The van der Waals surface area contributed by atoms with E-state index >= 15 is 0 Å². The zero-order valence-electron chi connectivity index (χ0n) is 17.9. The maximum Gasteiger partial charge on any atom is 0.410 e. The molecule has 6 heteroatoms. The number of carbonyl (C=O) groups is 2. The second-order valence-electron chi connectivity index (χ2n) is 9.13. The van der Waals surface area contributed by atoms with Gasteiger partial charge in [-0.1, -0.05) is 12.1 Å². The normalized spacial score (nSPS) is 18.4. The van der Waals surface area contributed by atoms with Crippen molar-refractivity contribution in [2.75, 3.05) is 33.3 Å². The molecule has 2 heterocycles. The summed E-state index contributed by atoms with van der Waals surface area (Å²) in [5.41, 5.74) is 4.70. The van der Waals surface area contributed by atoms with E-state index in [1.807, 2.05) is 20.8 Å². The number of benzene rings is 1. The van der Waals surface area contributed by atoms with Crippen molar-refractivity contribution in [2.24, 2.45) is 5.92 Å². The second kappa shape index (κ2) is 7.74. The van der Waals surface area contributed by atoms with Crippen molar-refractivity contribution in [3.05, 3.63) is 34.4 Å². The molecule has 1 aromatic carbocycles. The molecule has 0 saturated carbocycles. The number of amides is 1. The third-order valence-corrected chi connectivity index (χ3v) is 5.60. The van der Waals surface area contributed by atoms with Crippen LogP contribution in [0.2, 0.25) is 0 Å². The summed E-state index contributed by atoms with van der Waals surface area (Å²) in [4.78, 5) is 27.7. The fraction of sp³-hybridized carbons (Fsp3) is 0.636. The number of methoxy groups -OCH3 is 1. The van der Waals surface area contributed by atoms with Crippen molar-refractivity contribution < 1.29 is 19.1 Å². The molecule has 154 valence electrons. The molecule has 0 bridgehead atoms. The highest BCUT2D eigenvalue weighted by Gasteiger charge is 2.36. The van der Waals surface area contributed by atoms with E-state index in [4.69, 9.17) is 9.47 Å². The lowest BCUT2D eigenvalue weighted by molar-refractivity contribution is -0.151. The van der Waals surface area contributed by atoms with E-state index in [0.717, 1.165) is 19.6 Å². The number of ether oxygens (including phenoxy) is 2. The minimum absolute atomic E-state index is 0.0127. The van der Waals surface area contributed by atoms with Crippen molar-refractivity contribution in [3.63, 3.8) is 0 Å². The lowest BCUT2D eigenvalue weighted by Crippen LogP contribution is -2.50. The Labute approximate surface area is 167 Å². The third kappa shape index (κ3) is 4.49. The average Bonchev–Trinajstić information content (AvgIpc) is 2.48. The van der Waals surface area contributed by atoms with Gasteiger partial charge in [0.25, 0.3) is 0 Å². The lowest BCUT2D eigenvalue weighted by atomic mass is 9.87. The molecule has 2 saturated heterocycles. The molecule has 0 aromatic heterocycles. The summed E-state index contributed by atoms with van der Waals surface area (Å²) < 4.78 is 10.2. The Balaban J connectivity index is 1.56. The summed E-state index contributed by atoms with van der Waals surface area (Å²) in [6.07, 6.45) is -0.230. The van der Waals surface area contributed by atoms with Crippen LogP contribution < -0.4 is 0 Å². The molecule has 0 N–H and O–H groups in total. The zero-order valence-corrected chi connectivity index (χ0v) is 17.9. The summed E-state index contributed by atoms with van der Waals surface area (Å²) in [5, 5.41) is 0. The minimum atomic E-state index is -0.458. The van der Waals surface area contributed by atoms with Crippen molar-refractivity contribution in [3.8, 4) is 0 Å². The molecule has 2 fully saturated rings. The van der Waals surface area contributed by atoms with Gasteiger partial charge >= 0.3 is 12.1 Å². The van der Waals surface area contributed by atoms with E-state index < -0.39 is 5.60 Å². The number of aryl methyl sites for hydroxylation is 2. The summed E-state index contributed by atoms with van der Waals surface area (Å²) in [6.45, 7) is 13.8. The van der Waals surface area contributed by atoms with Gasteiger partial charge in [0, 0.05) is 38.6 Å². The first kappa shape index (κ1) is 20.6. The topological polar surface area (TPSA) is 59.1 Å². The number of nitrogens with zero attached hydrogens (tertiary/aromatic N) is 2. The predicted molar refractivity (Wildman–Crippen MR) is 107 cm³/mol. The van der Waals surface area contributed by atoms with Crippen LogP contribution in [0.1, 0.15) is 48.9 Å². The highest BCUT2D eigenvalue weighted by molar-refractivity contribution is 5.73. The van der Waals surface area contributed by atoms with Gasteiger partial charge in [0.15, 0.2) is 0 Å². The molecule has 0 unspecified atom stereocenters. The van der Waals surface area contributed by atoms with Crippen LogP contribution in [-0.4, -0.2) is 60.8 Å². The Morgan fingerprint density at radius 2 is 1.64 bits per heavy atom. The van der Waals surface area contributed by atoms with Gasteiger partial charge in [-0.3, -0.25) is 9.69 Å². The van der Waals surface area contributed by atoms with E-state index in [9.17, 15) is 9.59 Å². The van der Waals surface area contributed by atoms with Crippen molar-refractivity contribution in [2.45, 2.75) is 52.7 Å². The Morgan fingerprint density at radius 1 is 1.07 bits per heavy atom. The Kier molecular flexibility index (Phi) is 5.71. The van der Waals surface area contributed by atoms with Crippen molar-refractivity contribution in [1.82, 2.24) is 9.80 Å². The van der Waals surface area contributed by atoms with Gasteiger partial charge in [0.05, 0.1) is 13.0 Å². The fourth-order valence-electron chi connectivity index (χ4n) is 3.92. The minimum Gasteiger partial charge on any atom is -0.469 e.